The van der Waals surface area contributed by atoms with Crippen molar-refractivity contribution in [2.45, 2.75) is 12.8 Å². The maximum absolute atomic E-state index is 13.3. The summed E-state index contributed by atoms with van der Waals surface area (Å²) in [6, 6.07) is 11.6. The van der Waals surface area contributed by atoms with Crippen molar-refractivity contribution in [2.75, 3.05) is 12.0 Å². The number of carbonyl (C=O) groups excluding carboxylic acids is 3. The van der Waals surface area contributed by atoms with E-state index in [1.54, 1.807) is 6.07 Å². The Hall–Kier alpha value is -3.10. The molecule has 202 valence electrons. The van der Waals surface area contributed by atoms with Crippen LogP contribution in [0, 0.1) is 3.57 Å². The Morgan fingerprint density at radius 2 is 1.77 bits per heavy atom. The second-order valence-electron chi connectivity index (χ2n) is 8.07. The molecule has 0 bridgehead atoms. The van der Waals surface area contributed by atoms with Gasteiger partial charge in [-0.15, -0.1) is 0 Å². The molecule has 1 N–H and O–H groups in total. The van der Waals surface area contributed by atoms with E-state index in [2.05, 4.69) is 15.9 Å². The molecule has 0 saturated carbocycles. The van der Waals surface area contributed by atoms with Crippen LogP contribution in [0.15, 0.2) is 64.6 Å². The number of barbiturate groups is 1. The zero-order valence-electron chi connectivity index (χ0n) is 19.7. The van der Waals surface area contributed by atoms with Gasteiger partial charge in [0.05, 0.1) is 27.0 Å². The van der Waals surface area contributed by atoms with E-state index in [9.17, 15) is 27.6 Å². The van der Waals surface area contributed by atoms with Crippen LogP contribution in [0.5, 0.6) is 11.5 Å². The van der Waals surface area contributed by atoms with Crippen LogP contribution in [-0.4, -0.2) is 25.0 Å². The molecule has 0 aromatic heterocycles. The lowest BCUT2D eigenvalue weighted by Crippen LogP contribution is -2.54. The van der Waals surface area contributed by atoms with Crippen molar-refractivity contribution in [2.24, 2.45) is 0 Å². The van der Waals surface area contributed by atoms with E-state index in [0.29, 0.717) is 37.7 Å². The third-order valence-corrected chi connectivity index (χ3v) is 7.12. The molecular weight excluding hydrogens is 720 g/mol. The van der Waals surface area contributed by atoms with Crippen molar-refractivity contribution in [3.8, 4) is 11.5 Å². The van der Waals surface area contributed by atoms with Crippen LogP contribution in [-0.2, 0) is 22.4 Å². The van der Waals surface area contributed by atoms with Crippen LogP contribution < -0.4 is 19.7 Å². The van der Waals surface area contributed by atoms with E-state index in [1.807, 2.05) is 52.2 Å². The van der Waals surface area contributed by atoms with Crippen LogP contribution in [0.25, 0.3) is 6.08 Å². The highest BCUT2D eigenvalue weighted by Gasteiger charge is 2.39. The van der Waals surface area contributed by atoms with Gasteiger partial charge >= 0.3 is 12.2 Å². The minimum absolute atomic E-state index is 0.246. The topological polar surface area (TPSA) is 84.9 Å². The zero-order valence-corrected chi connectivity index (χ0v) is 24.2. The SMILES string of the molecule is COc1cc(/C=C2\C(=O)NC(=O)N(c3cc(C(F)(F)F)ccc3Cl)C2=O)cc(I)c1OCc1ccc(Br)cc1. The summed E-state index contributed by atoms with van der Waals surface area (Å²) in [6.45, 7) is 0.246. The van der Waals surface area contributed by atoms with E-state index in [1.165, 1.54) is 19.3 Å². The minimum Gasteiger partial charge on any atom is -0.493 e. The number of benzene rings is 3. The van der Waals surface area contributed by atoms with Crippen LogP contribution >= 0.6 is 50.1 Å². The van der Waals surface area contributed by atoms with Gasteiger partial charge < -0.3 is 9.47 Å². The monoisotopic (exact) mass is 734 g/mol. The molecule has 0 atom stereocenters. The number of halogens is 6. The highest BCUT2D eigenvalue weighted by Crippen LogP contribution is 2.38. The number of nitrogens with zero attached hydrogens (tertiary/aromatic N) is 1. The quantitative estimate of drug-likeness (QED) is 0.168. The molecule has 4 amide bonds. The lowest BCUT2D eigenvalue weighted by Gasteiger charge is -2.27. The van der Waals surface area contributed by atoms with Gasteiger partial charge in [0.15, 0.2) is 11.5 Å². The molecule has 0 radical (unpaired) electrons. The van der Waals surface area contributed by atoms with Gasteiger partial charge in [0, 0.05) is 4.47 Å². The molecule has 1 aliphatic rings. The van der Waals surface area contributed by atoms with Crippen molar-refractivity contribution in [1.29, 1.82) is 0 Å². The number of hydrogen-bond donors (Lipinski definition) is 1. The van der Waals surface area contributed by atoms with Crippen LogP contribution in [0.4, 0.5) is 23.7 Å². The predicted molar refractivity (Wildman–Crippen MR) is 150 cm³/mol. The molecule has 13 heteroatoms. The Bertz CT molecular complexity index is 1510. The Labute approximate surface area is 247 Å². The summed E-state index contributed by atoms with van der Waals surface area (Å²) in [4.78, 5) is 38.7. The Kier molecular flexibility index (Phi) is 8.57. The van der Waals surface area contributed by atoms with E-state index in [-0.39, 0.29) is 11.6 Å². The summed E-state index contributed by atoms with van der Waals surface area (Å²) in [5.74, 6) is -1.43. The summed E-state index contributed by atoms with van der Waals surface area (Å²) >= 11 is 11.4. The van der Waals surface area contributed by atoms with Gasteiger partial charge in [-0.05, 0) is 82.3 Å². The van der Waals surface area contributed by atoms with Gasteiger partial charge in [-0.2, -0.15) is 13.2 Å². The fraction of sp³-hybridized carbons (Fsp3) is 0.115. The summed E-state index contributed by atoms with van der Waals surface area (Å²) in [5.41, 5.74) is -0.886. The molecule has 1 aliphatic heterocycles. The predicted octanol–water partition coefficient (Wildman–Crippen LogP) is 6.98. The number of urea groups is 1. The highest BCUT2D eigenvalue weighted by molar-refractivity contribution is 14.1. The number of methoxy groups -OCH3 is 1. The van der Waals surface area contributed by atoms with Gasteiger partial charge in [0.1, 0.15) is 12.2 Å². The summed E-state index contributed by atoms with van der Waals surface area (Å²) in [7, 11) is 1.42. The number of rotatable bonds is 6. The van der Waals surface area contributed by atoms with Gasteiger partial charge in [-0.3, -0.25) is 14.9 Å². The first-order chi connectivity index (χ1) is 18.4. The van der Waals surface area contributed by atoms with Crippen LogP contribution in [0.1, 0.15) is 16.7 Å². The smallest absolute Gasteiger partial charge is 0.416 e. The fourth-order valence-electron chi connectivity index (χ4n) is 3.60. The molecule has 4 rings (SSSR count). The standard InChI is InChI=1S/C26H16BrClF3IN2O5/c1-38-21-10-14(9-19(32)22(21)39-12-13-2-5-16(27)6-3-13)8-17-23(35)33-25(37)34(24(17)36)20-11-15(26(29,30)31)4-7-18(20)28/h2-11H,12H2,1H3,(H,33,35,37)/b17-8+. The van der Waals surface area contributed by atoms with Crippen molar-refractivity contribution in [3.63, 3.8) is 0 Å². The van der Waals surface area contributed by atoms with Crippen LogP contribution in [0.3, 0.4) is 0 Å². The molecule has 1 heterocycles. The molecule has 1 fully saturated rings. The molecule has 0 aliphatic carbocycles. The molecule has 1 saturated heterocycles. The number of nitrogens with one attached hydrogen (secondary N) is 1. The lowest BCUT2D eigenvalue weighted by molar-refractivity contribution is -0.137. The molecule has 39 heavy (non-hydrogen) atoms. The summed E-state index contributed by atoms with van der Waals surface area (Å²) < 4.78 is 52.7. The van der Waals surface area contributed by atoms with Crippen molar-refractivity contribution < 1.29 is 37.0 Å². The zero-order chi connectivity index (χ0) is 28.5. The first kappa shape index (κ1) is 28.9. The average Bonchev–Trinajstić information content (AvgIpc) is 2.87. The molecule has 0 spiro atoms. The number of ether oxygens (including phenoxy) is 2. The van der Waals surface area contributed by atoms with Gasteiger partial charge in [-0.1, -0.05) is 39.7 Å². The maximum atomic E-state index is 13.3. The number of carbonyl (C=O) groups is 3. The maximum Gasteiger partial charge on any atom is 0.416 e. The number of hydrogen-bond acceptors (Lipinski definition) is 5. The van der Waals surface area contributed by atoms with E-state index in [0.717, 1.165) is 16.1 Å². The molecule has 0 unspecified atom stereocenters. The Morgan fingerprint density at radius 1 is 1.08 bits per heavy atom. The lowest BCUT2D eigenvalue weighted by atomic mass is 10.1. The van der Waals surface area contributed by atoms with E-state index in [4.69, 9.17) is 21.1 Å². The summed E-state index contributed by atoms with van der Waals surface area (Å²) in [5, 5.41) is 1.68. The van der Waals surface area contributed by atoms with Gasteiger partial charge in [-0.25, -0.2) is 9.69 Å². The number of imide groups is 2. The molecule has 3 aromatic rings. The largest absolute Gasteiger partial charge is 0.493 e. The summed E-state index contributed by atoms with van der Waals surface area (Å²) in [6.07, 6.45) is -3.56. The number of alkyl halides is 3. The molecular formula is C26H16BrClF3IN2O5. The number of anilines is 1. The third kappa shape index (κ3) is 6.39. The number of amides is 4. The minimum atomic E-state index is -4.75. The highest BCUT2D eigenvalue weighted by atomic mass is 127. The normalized spacial score (nSPS) is 15.0. The van der Waals surface area contributed by atoms with Crippen molar-refractivity contribution >= 4 is 79.7 Å². The van der Waals surface area contributed by atoms with Crippen molar-refractivity contribution in [1.82, 2.24) is 5.32 Å². The molecule has 7 nitrogen and oxygen atoms in total. The Morgan fingerprint density at radius 3 is 2.41 bits per heavy atom. The third-order valence-electron chi connectivity index (χ3n) is 5.48. The van der Waals surface area contributed by atoms with E-state index < -0.39 is 40.8 Å². The van der Waals surface area contributed by atoms with Crippen molar-refractivity contribution in [3.05, 3.63) is 89.9 Å². The first-order valence-corrected chi connectivity index (χ1v) is 13.2. The average molecular weight is 736 g/mol. The van der Waals surface area contributed by atoms with Crippen LogP contribution in [0.2, 0.25) is 5.02 Å². The van der Waals surface area contributed by atoms with Gasteiger partial charge in [0.25, 0.3) is 11.8 Å². The molecule has 3 aromatic carbocycles. The van der Waals surface area contributed by atoms with E-state index >= 15 is 0 Å². The van der Waals surface area contributed by atoms with Gasteiger partial charge in [0.2, 0.25) is 0 Å². The first-order valence-electron chi connectivity index (χ1n) is 10.9. The fourth-order valence-corrected chi connectivity index (χ4v) is 4.85. The second kappa shape index (κ2) is 11.6. The Balaban J connectivity index is 1.67. The second-order valence-corrected chi connectivity index (χ2v) is 10.6.